The first kappa shape index (κ1) is 10.7. The fourth-order valence-electron chi connectivity index (χ4n) is 2.71. The fraction of sp³-hybridized carbons (Fsp3) is 0.167. The summed E-state index contributed by atoms with van der Waals surface area (Å²) in [6.07, 6.45) is 4.64. The molecule has 0 bridgehead atoms. The van der Waals surface area contributed by atoms with Crippen molar-refractivity contribution in [2.75, 3.05) is 0 Å². The normalized spacial score (nSPS) is 14.7. The van der Waals surface area contributed by atoms with E-state index in [1.807, 2.05) is 12.3 Å². The van der Waals surface area contributed by atoms with Gasteiger partial charge in [-0.05, 0) is 42.0 Å². The van der Waals surface area contributed by atoms with Crippen molar-refractivity contribution in [3.63, 3.8) is 0 Å². The molecule has 0 saturated heterocycles. The lowest BCUT2D eigenvalue weighted by Gasteiger charge is -2.07. The van der Waals surface area contributed by atoms with Crippen LogP contribution in [0.3, 0.4) is 0 Å². The first-order chi connectivity index (χ1) is 9.42. The Kier molecular flexibility index (Phi) is 2.37. The molecule has 1 aliphatic carbocycles. The van der Waals surface area contributed by atoms with Gasteiger partial charge >= 0.3 is 0 Å². The SMILES string of the molecule is c1ccc(-c2cnc3cccc(C4CC4)c3c2)cc1. The maximum Gasteiger partial charge on any atom is 0.0705 e. The Labute approximate surface area is 112 Å². The zero-order chi connectivity index (χ0) is 12.7. The van der Waals surface area contributed by atoms with Crippen LogP contribution in [0.1, 0.15) is 24.3 Å². The van der Waals surface area contributed by atoms with Gasteiger partial charge in [-0.1, -0.05) is 42.5 Å². The van der Waals surface area contributed by atoms with Gasteiger partial charge in [-0.3, -0.25) is 4.98 Å². The molecule has 19 heavy (non-hydrogen) atoms. The van der Waals surface area contributed by atoms with Crippen molar-refractivity contribution in [1.29, 1.82) is 0 Å². The number of rotatable bonds is 2. The Morgan fingerprint density at radius 2 is 1.68 bits per heavy atom. The molecule has 1 aliphatic rings. The van der Waals surface area contributed by atoms with Gasteiger partial charge in [-0.15, -0.1) is 0 Å². The average Bonchev–Trinajstić information content (AvgIpc) is 3.32. The highest BCUT2D eigenvalue weighted by Gasteiger charge is 2.25. The van der Waals surface area contributed by atoms with Crippen LogP contribution in [0.4, 0.5) is 0 Å². The second-order valence-corrected chi connectivity index (χ2v) is 5.28. The van der Waals surface area contributed by atoms with Crippen LogP contribution in [0.25, 0.3) is 22.0 Å². The zero-order valence-corrected chi connectivity index (χ0v) is 10.7. The fourth-order valence-corrected chi connectivity index (χ4v) is 2.71. The van der Waals surface area contributed by atoms with E-state index in [4.69, 9.17) is 0 Å². The summed E-state index contributed by atoms with van der Waals surface area (Å²) in [4.78, 5) is 4.63. The summed E-state index contributed by atoms with van der Waals surface area (Å²) >= 11 is 0. The van der Waals surface area contributed by atoms with Crippen LogP contribution in [0.5, 0.6) is 0 Å². The first-order valence-corrected chi connectivity index (χ1v) is 6.86. The zero-order valence-electron chi connectivity index (χ0n) is 10.7. The van der Waals surface area contributed by atoms with Crippen molar-refractivity contribution in [2.24, 2.45) is 0 Å². The van der Waals surface area contributed by atoms with E-state index < -0.39 is 0 Å². The van der Waals surface area contributed by atoms with E-state index in [-0.39, 0.29) is 0 Å². The molecule has 0 aliphatic heterocycles. The summed E-state index contributed by atoms with van der Waals surface area (Å²) in [5, 5.41) is 1.33. The monoisotopic (exact) mass is 245 g/mol. The van der Waals surface area contributed by atoms with Gasteiger partial charge in [0.25, 0.3) is 0 Å². The second-order valence-electron chi connectivity index (χ2n) is 5.28. The van der Waals surface area contributed by atoms with Crippen molar-refractivity contribution in [1.82, 2.24) is 4.98 Å². The molecule has 1 aromatic heterocycles. The molecule has 3 aromatic rings. The van der Waals surface area contributed by atoms with Crippen molar-refractivity contribution < 1.29 is 0 Å². The predicted octanol–water partition coefficient (Wildman–Crippen LogP) is 4.78. The van der Waals surface area contributed by atoms with E-state index in [0.29, 0.717) is 0 Å². The Morgan fingerprint density at radius 3 is 2.47 bits per heavy atom. The van der Waals surface area contributed by atoms with Crippen LogP contribution < -0.4 is 0 Å². The number of nitrogens with zero attached hydrogens (tertiary/aromatic N) is 1. The third kappa shape index (κ3) is 1.91. The molecule has 1 nitrogen and oxygen atoms in total. The van der Waals surface area contributed by atoms with Crippen LogP contribution >= 0.6 is 0 Å². The molecule has 0 amide bonds. The van der Waals surface area contributed by atoms with Crippen molar-refractivity contribution >= 4 is 10.9 Å². The molecule has 0 N–H and O–H groups in total. The van der Waals surface area contributed by atoms with Gasteiger partial charge in [0.1, 0.15) is 0 Å². The smallest absolute Gasteiger partial charge is 0.0705 e. The Morgan fingerprint density at radius 1 is 0.842 bits per heavy atom. The minimum absolute atomic E-state index is 0.761. The topological polar surface area (TPSA) is 12.9 Å². The number of benzene rings is 2. The van der Waals surface area contributed by atoms with Crippen LogP contribution in [0.2, 0.25) is 0 Å². The second kappa shape index (κ2) is 4.20. The average molecular weight is 245 g/mol. The van der Waals surface area contributed by atoms with Gasteiger partial charge in [0, 0.05) is 17.1 Å². The Bertz CT molecular complexity index is 727. The van der Waals surface area contributed by atoms with E-state index >= 15 is 0 Å². The summed E-state index contributed by atoms with van der Waals surface area (Å²) in [7, 11) is 0. The molecular weight excluding hydrogens is 230 g/mol. The third-order valence-electron chi connectivity index (χ3n) is 3.88. The third-order valence-corrected chi connectivity index (χ3v) is 3.88. The van der Waals surface area contributed by atoms with Crippen LogP contribution in [-0.2, 0) is 0 Å². The molecule has 0 atom stereocenters. The number of hydrogen-bond acceptors (Lipinski definition) is 1. The highest BCUT2D eigenvalue weighted by atomic mass is 14.7. The van der Waals surface area contributed by atoms with Crippen LogP contribution in [0, 0.1) is 0 Å². The van der Waals surface area contributed by atoms with Gasteiger partial charge in [-0.25, -0.2) is 0 Å². The van der Waals surface area contributed by atoms with Crippen molar-refractivity contribution in [3.05, 3.63) is 66.4 Å². The molecule has 2 aromatic carbocycles. The molecule has 0 spiro atoms. The molecular formula is C18H15N. The van der Waals surface area contributed by atoms with E-state index in [1.54, 1.807) is 0 Å². The Hall–Kier alpha value is -2.15. The van der Waals surface area contributed by atoms with Crippen LogP contribution in [-0.4, -0.2) is 4.98 Å². The van der Waals surface area contributed by atoms with E-state index in [9.17, 15) is 0 Å². The lowest BCUT2D eigenvalue weighted by molar-refractivity contribution is 1.15. The lowest BCUT2D eigenvalue weighted by atomic mass is 10.0. The molecule has 4 rings (SSSR count). The quantitative estimate of drug-likeness (QED) is 0.633. The molecule has 0 radical (unpaired) electrons. The highest BCUT2D eigenvalue weighted by Crippen LogP contribution is 2.43. The lowest BCUT2D eigenvalue weighted by Crippen LogP contribution is -1.87. The summed E-state index contributed by atoms with van der Waals surface area (Å²) < 4.78 is 0. The van der Waals surface area contributed by atoms with Gasteiger partial charge < -0.3 is 0 Å². The summed E-state index contributed by atoms with van der Waals surface area (Å²) in [5.74, 6) is 0.761. The molecule has 1 heterocycles. The van der Waals surface area contributed by atoms with Gasteiger partial charge in [0.05, 0.1) is 5.52 Å². The Balaban J connectivity index is 1.93. The molecule has 1 heteroatoms. The minimum Gasteiger partial charge on any atom is -0.256 e. The molecule has 1 saturated carbocycles. The van der Waals surface area contributed by atoms with E-state index in [1.165, 1.54) is 34.9 Å². The highest BCUT2D eigenvalue weighted by molar-refractivity contribution is 5.87. The molecule has 1 fully saturated rings. The number of hydrogen-bond donors (Lipinski definition) is 0. The maximum atomic E-state index is 4.63. The van der Waals surface area contributed by atoms with E-state index in [0.717, 1.165) is 11.4 Å². The van der Waals surface area contributed by atoms with Crippen molar-refractivity contribution in [2.45, 2.75) is 18.8 Å². The van der Waals surface area contributed by atoms with Gasteiger partial charge in [-0.2, -0.15) is 0 Å². The van der Waals surface area contributed by atoms with Crippen molar-refractivity contribution in [3.8, 4) is 11.1 Å². The standard InChI is InChI=1S/C18H15N/c1-2-5-13(6-3-1)15-11-17-16(14-9-10-14)7-4-8-18(17)19-12-15/h1-8,11-12,14H,9-10H2. The van der Waals surface area contributed by atoms with Crippen LogP contribution in [0.15, 0.2) is 60.8 Å². The largest absolute Gasteiger partial charge is 0.256 e. The van der Waals surface area contributed by atoms with Gasteiger partial charge in [0.2, 0.25) is 0 Å². The molecule has 92 valence electrons. The minimum atomic E-state index is 0.761. The maximum absolute atomic E-state index is 4.63. The summed E-state index contributed by atoms with van der Waals surface area (Å²) in [6.45, 7) is 0. The molecule has 0 unspecified atom stereocenters. The predicted molar refractivity (Wildman–Crippen MR) is 79.2 cm³/mol. The number of pyridine rings is 1. The first-order valence-electron chi connectivity index (χ1n) is 6.86. The summed E-state index contributed by atoms with van der Waals surface area (Å²) in [6, 6.07) is 19.3. The number of aromatic nitrogens is 1. The summed E-state index contributed by atoms with van der Waals surface area (Å²) in [5.41, 5.74) is 5.04. The van der Waals surface area contributed by atoms with E-state index in [2.05, 4.69) is 53.5 Å². The van der Waals surface area contributed by atoms with Gasteiger partial charge in [0.15, 0.2) is 0 Å². The number of fused-ring (bicyclic) bond motifs is 1.